The molecule has 92 valence electrons. The Morgan fingerprint density at radius 2 is 2.31 bits per heavy atom. The first kappa shape index (κ1) is 13.3. The van der Waals surface area contributed by atoms with E-state index in [9.17, 15) is 0 Å². The zero-order valence-electron chi connectivity index (χ0n) is 10.6. The van der Waals surface area contributed by atoms with Gasteiger partial charge >= 0.3 is 0 Å². The minimum atomic E-state index is -0.105. The maximum atomic E-state index is 6.16. The lowest BCUT2D eigenvalue weighted by Crippen LogP contribution is -2.48. The topological polar surface area (TPSA) is 51.2 Å². The van der Waals surface area contributed by atoms with E-state index in [1.807, 2.05) is 12.1 Å². The molecule has 0 spiro atoms. The summed E-state index contributed by atoms with van der Waals surface area (Å²) >= 11 is 0. The van der Waals surface area contributed by atoms with E-state index in [0.717, 1.165) is 31.6 Å². The maximum Gasteiger partial charge on any atom is 0.105 e. The molecule has 16 heavy (non-hydrogen) atoms. The molecule has 0 fully saturated rings. The highest BCUT2D eigenvalue weighted by molar-refractivity contribution is 5.00. The monoisotopic (exact) mass is 224 g/mol. The van der Waals surface area contributed by atoms with Crippen molar-refractivity contribution in [2.45, 2.75) is 51.6 Å². The first-order valence-corrected chi connectivity index (χ1v) is 6.08. The summed E-state index contributed by atoms with van der Waals surface area (Å²) in [4.78, 5) is 0. The zero-order chi connectivity index (χ0) is 12.0. The van der Waals surface area contributed by atoms with Crippen molar-refractivity contribution in [1.29, 1.82) is 0 Å². The summed E-state index contributed by atoms with van der Waals surface area (Å²) in [5.74, 6) is 1.02. The van der Waals surface area contributed by atoms with E-state index in [2.05, 4.69) is 26.1 Å². The van der Waals surface area contributed by atoms with E-state index >= 15 is 0 Å². The normalized spacial score (nSPS) is 17.0. The van der Waals surface area contributed by atoms with Crippen LogP contribution in [-0.2, 0) is 6.42 Å². The summed E-state index contributed by atoms with van der Waals surface area (Å²) in [5, 5.41) is 3.46. The summed E-state index contributed by atoms with van der Waals surface area (Å²) in [7, 11) is 0. The molecule has 0 aromatic carbocycles. The van der Waals surface area contributed by atoms with Gasteiger partial charge in [0, 0.05) is 24.5 Å². The molecular formula is C13H24N2O. The average molecular weight is 224 g/mol. The van der Waals surface area contributed by atoms with Gasteiger partial charge in [-0.05, 0) is 32.4 Å². The predicted molar refractivity (Wildman–Crippen MR) is 67.4 cm³/mol. The van der Waals surface area contributed by atoms with Gasteiger partial charge in [-0.2, -0.15) is 0 Å². The lowest BCUT2D eigenvalue weighted by Gasteiger charge is -2.26. The van der Waals surface area contributed by atoms with Gasteiger partial charge in [0.2, 0.25) is 0 Å². The van der Waals surface area contributed by atoms with Gasteiger partial charge in [0.15, 0.2) is 0 Å². The van der Waals surface area contributed by atoms with E-state index in [0.29, 0.717) is 6.04 Å². The SMILES string of the molecule is CCCC(C)(N)CNC(C)Cc1ccco1. The lowest BCUT2D eigenvalue weighted by molar-refractivity contribution is 0.365. The molecule has 1 heterocycles. The van der Waals surface area contributed by atoms with Crippen molar-refractivity contribution in [1.82, 2.24) is 5.32 Å². The van der Waals surface area contributed by atoms with Crippen molar-refractivity contribution in [2.24, 2.45) is 5.73 Å². The van der Waals surface area contributed by atoms with Crippen LogP contribution < -0.4 is 11.1 Å². The van der Waals surface area contributed by atoms with E-state index in [1.165, 1.54) is 0 Å². The van der Waals surface area contributed by atoms with E-state index in [-0.39, 0.29) is 5.54 Å². The molecule has 2 unspecified atom stereocenters. The first-order valence-electron chi connectivity index (χ1n) is 6.08. The van der Waals surface area contributed by atoms with Crippen molar-refractivity contribution in [3.05, 3.63) is 24.2 Å². The fourth-order valence-corrected chi connectivity index (χ4v) is 1.87. The van der Waals surface area contributed by atoms with Gasteiger partial charge in [0.05, 0.1) is 6.26 Å². The molecule has 1 aromatic heterocycles. The molecule has 0 aliphatic carbocycles. The van der Waals surface area contributed by atoms with Crippen molar-refractivity contribution in [2.75, 3.05) is 6.54 Å². The number of hydrogen-bond acceptors (Lipinski definition) is 3. The van der Waals surface area contributed by atoms with Crippen molar-refractivity contribution < 1.29 is 4.42 Å². The Morgan fingerprint density at radius 3 is 2.88 bits per heavy atom. The quantitative estimate of drug-likeness (QED) is 0.747. The highest BCUT2D eigenvalue weighted by Gasteiger charge is 2.17. The lowest BCUT2D eigenvalue weighted by atomic mass is 9.97. The van der Waals surface area contributed by atoms with Crippen LogP contribution in [0.15, 0.2) is 22.8 Å². The second kappa shape index (κ2) is 6.06. The molecule has 0 aliphatic heterocycles. The second-order valence-corrected chi connectivity index (χ2v) is 4.97. The molecular weight excluding hydrogens is 200 g/mol. The van der Waals surface area contributed by atoms with Crippen molar-refractivity contribution >= 4 is 0 Å². The first-order chi connectivity index (χ1) is 7.53. The van der Waals surface area contributed by atoms with E-state index < -0.39 is 0 Å². The third kappa shape index (κ3) is 4.81. The van der Waals surface area contributed by atoms with Gasteiger partial charge in [0.25, 0.3) is 0 Å². The minimum absolute atomic E-state index is 0.105. The number of nitrogens with two attached hydrogens (primary N) is 1. The summed E-state index contributed by atoms with van der Waals surface area (Å²) in [6.07, 6.45) is 4.80. The van der Waals surface area contributed by atoms with Gasteiger partial charge in [-0.15, -0.1) is 0 Å². The number of rotatable bonds is 7. The largest absolute Gasteiger partial charge is 0.469 e. The summed E-state index contributed by atoms with van der Waals surface area (Å²) in [6.45, 7) is 7.27. The summed E-state index contributed by atoms with van der Waals surface area (Å²) in [5.41, 5.74) is 6.06. The molecule has 2 atom stereocenters. The fraction of sp³-hybridized carbons (Fsp3) is 0.692. The molecule has 0 saturated heterocycles. The Kier molecular flexibility index (Phi) is 5.03. The molecule has 0 radical (unpaired) electrons. The van der Waals surface area contributed by atoms with Crippen molar-refractivity contribution in [3.8, 4) is 0 Å². The smallest absolute Gasteiger partial charge is 0.105 e. The van der Waals surface area contributed by atoms with Crippen LogP contribution in [0.25, 0.3) is 0 Å². The van der Waals surface area contributed by atoms with Crippen LogP contribution in [-0.4, -0.2) is 18.1 Å². The molecule has 3 heteroatoms. The Hall–Kier alpha value is -0.800. The van der Waals surface area contributed by atoms with Gasteiger partial charge in [-0.25, -0.2) is 0 Å². The van der Waals surface area contributed by atoms with Crippen LogP contribution in [0.1, 0.15) is 39.4 Å². The Morgan fingerprint density at radius 1 is 1.56 bits per heavy atom. The molecule has 1 aromatic rings. The molecule has 3 nitrogen and oxygen atoms in total. The molecule has 0 aliphatic rings. The molecule has 0 bridgehead atoms. The average Bonchev–Trinajstić information content (AvgIpc) is 2.68. The molecule has 0 amide bonds. The fourth-order valence-electron chi connectivity index (χ4n) is 1.87. The van der Waals surface area contributed by atoms with E-state index in [4.69, 9.17) is 10.2 Å². The minimum Gasteiger partial charge on any atom is -0.469 e. The maximum absolute atomic E-state index is 6.16. The van der Waals surface area contributed by atoms with Crippen molar-refractivity contribution in [3.63, 3.8) is 0 Å². The highest BCUT2D eigenvalue weighted by atomic mass is 16.3. The standard InChI is InChI=1S/C13H24N2O/c1-4-7-13(3,14)10-15-11(2)9-12-6-5-8-16-12/h5-6,8,11,15H,4,7,9-10,14H2,1-3H3. The molecule has 0 saturated carbocycles. The van der Waals surface area contributed by atoms with Crippen LogP contribution in [0.3, 0.4) is 0 Å². The second-order valence-electron chi connectivity index (χ2n) is 4.97. The number of hydrogen-bond donors (Lipinski definition) is 2. The number of nitrogens with one attached hydrogen (secondary N) is 1. The Balaban J connectivity index is 2.27. The van der Waals surface area contributed by atoms with Gasteiger partial charge in [0.1, 0.15) is 5.76 Å². The third-order valence-electron chi connectivity index (χ3n) is 2.76. The van der Waals surface area contributed by atoms with Crippen LogP contribution in [0, 0.1) is 0 Å². The van der Waals surface area contributed by atoms with Gasteiger partial charge in [-0.3, -0.25) is 0 Å². The number of furan rings is 1. The Labute approximate surface area is 98.4 Å². The van der Waals surface area contributed by atoms with Crippen LogP contribution in [0.4, 0.5) is 0 Å². The summed E-state index contributed by atoms with van der Waals surface area (Å²) in [6, 6.07) is 4.32. The van der Waals surface area contributed by atoms with Crippen LogP contribution >= 0.6 is 0 Å². The molecule has 3 N–H and O–H groups in total. The zero-order valence-corrected chi connectivity index (χ0v) is 10.6. The molecule has 1 rings (SSSR count). The van der Waals surface area contributed by atoms with E-state index in [1.54, 1.807) is 6.26 Å². The third-order valence-corrected chi connectivity index (χ3v) is 2.76. The summed E-state index contributed by atoms with van der Waals surface area (Å²) < 4.78 is 5.31. The van der Waals surface area contributed by atoms with Crippen LogP contribution in [0.5, 0.6) is 0 Å². The Bertz CT molecular complexity index is 280. The van der Waals surface area contributed by atoms with Gasteiger partial charge in [-0.1, -0.05) is 13.3 Å². The van der Waals surface area contributed by atoms with Crippen LogP contribution in [0.2, 0.25) is 0 Å². The predicted octanol–water partition coefficient (Wildman–Crippen LogP) is 2.32. The van der Waals surface area contributed by atoms with Gasteiger partial charge < -0.3 is 15.5 Å². The highest BCUT2D eigenvalue weighted by Crippen LogP contribution is 2.08.